The molecule has 0 fully saturated rings. The average Bonchev–Trinajstić information content (AvgIpc) is 2.05. The Morgan fingerprint density at radius 2 is 2.30 bits per heavy atom. The van der Waals surface area contributed by atoms with Crippen molar-refractivity contribution in [3.63, 3.8) is 0 Å². The van der Waals surface area contributed by atoms with E-state index in [0.717, 1.165) is 24.7 Å². The van der Waals surface area contributed by atoms with E-state index >= 15 is 0 Å². The van der Waals surface area contributed by atoms with Crippen molar-refractivity contribution in [2.24, 2.45) is 11.8 Å². The number of rotatable bonds is 2. The fraction of sp³-hybridized carbons (Fsp3) is 0.800. The van der Waals surface area contributed by atoms with Gasteiger partial charge >= 0.3 is 0 Å². The molecule has 0 bridgehead atoms. The molecule has 2 unspecified atom stereocenters. The first-order valence-corrected chi connectivity index (χ1v) is 4.30. The maximum Gasteiger partial charge on any atom is 0.0120 e. The second kappa shape index (κ2) is 3.66. The Morgan fingerprint density at radius 3 is 2.80 bits per heavy atom. The van der Waals surface area contributed by atoms with Gasteiger partial charge in [-0.25, -0.2) is 0 Å². The van der Waals surface area contributed by atoms with Crippen LogP contribution in [0.3, 0.4) is 0 Å². The van der Waals surface area contributed by atoms with Gasteiger partial charge in [0.2, 0.25) is 0 Å². The zero-order valence-corrected chi connectivity index (χ0v) is 6.98. The summed E-state index contributed by atoms with van der Waals surface area (Å²) in [7, 11) is 0. The summed E-state index contributed by atoms with van der Waals surface area (Å²) in [6.07, 6.45) is 4.93. The average molecular weight is 136 g/mol. The lowest BCUT2D eigenvalue weighted by molar-refractivity contribution is 0.332. The summed E-state index contributed by atoms with van der Waals surface area (Å²) in [5, 5.41) is 0. The molecule has 0 aliphatic heterocycles. The van der Waals surface area contributed by atoms with Crippen molar-refractivity contribution in [1.82, 2.24) is 0 Å². The van der Waals surface area contributed by atoms with E-state index in [1.54, 1.807) is 0 Å². The maximum atomic E-state index is 3.20. The molecule has 56 valence electrons. The monoisotopic (exact) mass is 136 g/mol. The SMILES string of the molecule is CCC(C)C1CC#CCC1. The summed E-state index contributed by atoms with van der Waals surface area (Å²) in [4.78, 5) is 0. The van der Waals surface area contributed by atoms with Gasteiger partial charge in [0.1, 0.15) is 0 Å². The van der Waals surface area contributed by atoms with E-state index in [2.05, 4.69) is 25.7 Å². The Morgan fingerprint density at radius 1 is 1.50 bits per heavy atom. The smallest absolute Gasteiger partial charge is 0.0120 e. The number of hydrogen-bond acceptors (Lipinski definition) is 0. The predicted octanol–water partition coefficient (Wildman–Crippen LogP) is 2.84. The van der Waals surface area contributed by atoms with Crippen molar-refractivity contribution in [3.05, 3.63) is 0 Å². The summed E-state index contributed by atoms with van der Waals surface area (Å²) < 4.78 is 0. The molecule has 0 radical (unpaired) electrons. The van der Waals surface area contributed by atoms with Crippen LogP contribution in [0.4, 0.5) is 0 Å². The van der Waals surface area contributed by atoms with Crippen molar-refractivity contribution in [2.75, 3.05) is 0 Å². The van der Waals surface area contributed by atoms with E-state index in [1.165, 1.54) is 12.8 Å². The third-order valence-corrected chi connectivity index (χ3v) is 2.58. The summed E-state index contributed by atoms with van der Waals surface area (Å²) in [6, 6.07) is 0. The summed E-state index contributed by atoms with van der Waals surface area (Å²) in [6.45, 7) is 4.62. The molecule has 1 aliphatic carbocycles. The Labute approximate surface area is 64.0 Å². The van der Waals surface area contributed by atoms with Crippen LogP contribution >= 0.6 is 0 Å². The lowest BCUT2D eigenvalue weighted by atomic mass is 9.84. The molecule has 0 nitrogen and oxygen atoms in total. The van der Waals surface area contributed by atoms with E-state index < -0.39 is 0 Å². The molecule has 0 heteroatoms. The van der Waals surface area contributed by atoms with Crippen molar-refractivity contribution in [3.8, 4) is 11.8 Å². The molecule has 0 spiro atoms. The second-order valence-electron chi connectivity index (χ2n) is 3.24. The van der Waals surface area contributed by atoms with Crippen LogP contribution in [0.1, 0.15) is 39.5 Å². The van der Waals surface area contributed by atoms with E-state index in [9.17, 15) is 0 Å². The Hall–Kier alpha value is -0.440. The molecule has 0 saturated carbocycles. The molecule has 0 amide bonds. The van der Waals surface area contributed by atoms with E-state index in [0.29, 0.717) is 0 Å². The van der Waals surface area contributed by atoms with Crippen molar-refractivity contribution in [1.29, 1.82) is 0 Å². The molecule has 0 saturated heterocycles. The Balaban J connectivity index is 2.37. The van der Waals surface area contributed by atoms with Gasteiger partial charge in [-0.3, -0.25) is 0 Å². The minimum Gasteiger partial charge on any atom is -0.103 e. The van der Waals surface area contributed by atoms with Gasteiger partial charge in [0.25, 0.3) is 0 Å². The molecular formula is C10H16. The van der Waals surface area contributed by atoms with Gasteiger partial charge in [-0.05, 0) is 18.3 Å². The van der Waals surface area contributed by atoms with Crippen LogP contribution in [0.25, 0.3) is 0 Å². The predicted molar refractivity (Wildman–Crippen MR) is 44.6 cm³/mol. The highest BCUT2D eigenvalue weighted by Gasteiger charge is 2.15. The fourth-order valence-corrected chi connectivity index (χ4v) is 1.47. The lowest BCUT2D eigenvalue weighted by Gasteiger charge is -2.21. The first-order chi connectivity index (χ1) is 4.84. The fourth-order valence-electron chi connectivity index (χ4n) is 1.47. The minimum atomic E-state index is 0.884. The first-order valence-electron chi connectivity index (χ1n) is 4.30. The first kappa shape index (κ1) is 7.66. The van der Waals surface area contributed by atoms with Crippen LogP contribution in [-0.2, 0) is 0 Å². The molecule has 0 aromatic rings. The molecular weight excluding hydrogens is 120 g/mol. The summed E-state index contributed by atoms with van der Waals surface area (Å²) in [5.74, 6) is 8.12. The van der Waals surface area contributed by atoms with Gasteiger partial charge in [-0.1, -0.05) is 20.3 Å². The van der Waals surface area contributed by atoms with Gasteiger partial charge in [-0.2, -0.15) is 0 Å². The van der Waals surface area contributed by atoms with Gasteiger partial charge in [0, 0.05) is 12.8 Å². The number of hydrogen-bond donors (Lipinski definition) is 0. The summed E-state index contributed by atoms with van der Waals surface area (Å²) in [5.41, 5.74) is 0. The van der Waals surface area contributed by atoms with E-state index in [-0.39, 0.29) is 0 Å². The van der Waals surface area contributed by atoms with Crippen LogP contribution in [0.2, 0.25) is 0 Å². The van der Waals surface area contributed by atoms with Crippen LogP contribution in [-0.4, -0.2) is 0 Å². The Kier molecular flexibility index (Phi) is 2.81. The third-order valence-electron chi connectivity index (χ3n) is 2.58. The normalized spacial score (nSPS) is 26.8. The standard InChI is InChI=1S/C10H16/c1-3-9(2)10-7-5-4-6-8-10/h9-10H,3,5,7-8H2,1-2H3. The molecule has 0 aromatic heterocycles. The largest absolute Gasteiger partial charge is 0.103 e. The highest BCUT2D eigenvalue weighted by atomic mass is 14.2. The molecule has 1 rings (SSSR count). The lowest BCUT2D eigenvalue weighted by Crippen LogP contribution is -2.11. The van der Waals surface area contributed by atoms with Gasteiger partial charge in [0.05, 0.1) is 0 Å². The van der Waals surface area contributed by atoms with Crippen molar-refractivity contribution in [2.45, 2.75) is 39.5 Å². The van der Waals surface area contributed by atoms with Gasteiger partial charge in [0.15, 0.2) is 0 Å². The third kappa shape index (κ3) is 1.77. The van der Waals surface area contributed by atoms with Crippen LogP contribution in [0, 0.1) is 23.7 Å². The van der Waals surface area contributed by atoms with Crippen molar-refractivity contribution >= 4 is 0 Å². The minimum absolute atomic E-state index is 0.884. The van der Waals surface area contributed by atoms with E-state index in [1.807, 2.05) is 0 Å². The zero-order valence-electron chi connectivity index (χ0n) is 6.98. The zero-order chi connectivity index (χ0) is 7.40. The highest BCUT2D eigenvalue weighted by molar-refractivity contribution is 5.04. The molecule has 0 heterocycles. The van der Waals surface area contributed by atoms with Crippen LogP contribution in [0.5, 0.6) is 0 Å². The second-order valence-corrected chi connectivity index (χ2v) is 3.24. The van der Waals surface area contributed by atoms with Gasteiger partial charge < -0.3 is 0 Å². The van der Waals surface area contributed by atoms with Crippen LogP contribution in [0.15, 0.2) is 0 Å². The molecule has 2 atom stereocenters. The quantitative estimate of drug-likeness (QED) is 0.512. The maximum absolute atomic E-state index is 3.20. The van der Waals surface area contributed by atoms with Crippen LogP contribution < -0.4 is 0 Å². The van der Waals surface area contributed by atoms with Crippen molar-refractivity contribution < 1.29 is 0 Å². The molecule has 0 aromatic carbocycles. The molecule has 0 N–H and O–H groups in total. The van der Waals surface area contributed by atoms with Gasteiger partial charge in [-0.15, -0.1) is 11.8 Å². The highest BCUT2D eigenvalue weighted by Crippen LogP contribution is 2.25. The molecule has 10 heavy (non-hydrogen) atoms. The topological polar surface area (TPSA) is 0 Å². The summed E-state index contributed by atoms with van der Waals surface area (Å²) >= 11 is 0. The molecule has 1 aliphatic rings. The van der Waals surface area contributed by atoms with E-state index in [4.69, 9.17) is 0 Å². The Bertz CT molecular complexity index is 147.